The quantitative estimate of drug-likeness (QED) is 0.170. The van der Waals surface area contributed by atoms with E-state index in [1.165, 1.54) is 77.0 Å². The van der Waals surface area contributed by atoms with E-state index in [2.05, 4.69) is 192 Å². The fourth-order valence-corrected chi connectivity index (χ4v) is 8.05. The van der Waals surface area contributed by atoms with Gasteiger partial charge in [0.2, 0.25) is 0 Å². The predicted molar refractivity (Wildman–Crippen MR) is 215 cm³/mol. The molecular weight excluding hydrogens is 617 g/mol. The fraction of sp³-hybridized carbons (Fsp3) is 0. The first kappa shape index (κ1) is 29.2. The van der Waals surface area contributed by atoms with Crippen molar-refractivity contribution in [1.29, 1.82) is 0 Å². The second-order valence-electron chi connectivity index (χ2n) is 13.1. The third-order valence-electron chi connectivity index (χ3n) is 10.3. The first-order valence-electron chi connectivity index (χ1n) is 17.5. The van der Waals surface area contributed by atoms with Crippen LogP contribution in [0.2, 0.25) is 0 Å². The average molecular weight is 649 g/mol. The third-order valence-corrected chi connectivity index (χ3v) is 10.3. The van der Waals surface area contributed by atoms with Crippen molar-refractivity contribution in [2.45, 2.75) is 0 Å². The molecule has 0 unspecified atom stereocenters. The van der Waals surface area contributed by atoms with Crippen molar-refractivity contribution in [3.63, 3.8) is 0 Å². The summed E-state index contributed by atoms with van der Waals surface area (Å²) in [5, 5.41) is 7.36. The summed E-state index contributed by atoms with van der Waals surface area (Å²) in [5.41, 5.74) is 13.2. The van der Waals surface area contributed by atoms with Crippen LogP contribution in [0.3, 0.4) is 0 Å². The molecule has 2 aromatic heterocycles. The summed E-state index contributed by atoms with van der Waals surface area (Å²) in [6, 6.07) is 66.0. The topological polar surface area (TPSA) is 17.8 Å². The zero-order valence-electron chi connectivity index (χ0n) is 27.9. The fourth-order valence-electron chi connectivity index (χ4n) is 8.05. The third kappa shape index (κ3) is 4.76. The van der Waals surface area contributed by atoms with E-state index in [0.29, 0.717) is 0 Å². The number of nitrogens with zero attached hydrogens (tertiary/aromatic N) is 2. The molecule has 51 heavy (non-hydrogen) atoms. The van der Waals surface area contributed by atoms with Gasteiger partial charge in [-0.1, -0.05) is 146 Å². The Balaban J connectivity index is 1.22. The van der Waals surface area contributed by atoms with Gasteiger partial charge in [-0.3, -0.25) is 4.98 Å². The van der Waals surface area contributed by atoms with Crippen LogP contribution in [0.25, 0.3) is 93.5 Å². The largest absolute Gasteiger partial charge is 0.309 e. The van der Waals surface area contributed by atoms with Crippen molar-refractivity contribution in [3.8, 4) is 50.2 Å². The van der Waals surface area contributed by atoms with Crippen LogP contribution in [0.1, 0.15) is 0 Å². The summed E-state index contributed by atoms with van der Waals surface area (Å²) >= 11 is 0. The van der Waals surface area contributed by atoms with Crippen LogP contribution >= 0.6 is 0 Å². The lowest BCUT2D eigenvalue weighted by Gasteiger charge is -2.19. The summed E-state index contributed by atoms with van der Waals surface area (Å²) in [4.78, 5) is 4.54. The van der Waals surface area contributed by atoms with Crippen molar-refractivity contribution in [2.75, 3.05) is 0 Å². The Morgan fingerprint density at radius 3 is 1.47 bits per heavy atom. The molecule has 8 aromatic carbocycles. The maximum Gasteiger partial charge on any atom is 0.0571 e. The lowest BCUT2D eigenvalue weighted by molar-refractivity contribution is 1.17. The van der Waals surface area contributed by atoms with E-state index in [9.17, 15) is 0 Å². The molecule has 0 aliphatic carbocycles. The molecule has 10 aromatic rings. The van der Waals surface area contributed by atoms with Crippen LogP contribution in [0, 0.1) is 0 Å². The highest BCUT2D eigenvalue weighted by Crippen LogP contribution is 2.46. The molecule has 238 valence electrons. The zero-order chi connectivity index (χ0) is 33.7. The molecule has 10 rings (SSSR count). The molecule has 0 radical (unpaired) electrons. The molecule has 2 nitrogen and oxygen atoms in total. The molecular formula is C49H32N2. The molecule has 0 saturated heterocycles. The van der Waals surface area contributed by atoms with Crippen LogP contribution in [0.4, 0.5) is 0 Å². The van der Waals surface area contributed by atoms with Crippen molar-refractivity contribution in [3.05, 3.63) is 194 Å². The van der Waals surface area contributed by atoms with Crippen molar-refractivity contribution < 1.29 is 0 Å². The van der Waals surface area contributed by atoms with Gasteiger partial charge in [-0.05, 0) is 102 Å². The number of aromatic nitrogens is 2. The van der Waals surface area contributed by atoms with Crippen molar-refractivity contribution in [1.82, 2.24) is 9.55 Å². The van der Waals surface area contributed by atoms with Gasteiger partial charge in [0.1, 0.15) is 0 Å². The van der Waals surface area contributed by atoms with E-state index in [1.807, 2.05) is 12.4 Å². The predicted octanol–water partition coefficient (Wildman–Crippen LogP) is 13.2. The Kier molecular flexibility index (Phi) is 6.85. The van der Waals surface area contributed by atoms with E-state index in [1.54, 1.807) is 0 Å². The zero-order valence-corrected chi connectivity index (χ0v) is 27.9. The minimum atomic E-state index is 1.14. The number of rotatable bonds is 5. The minimum absolute atomic E-state index is 1.14. The van der Waals surface area contributed by atoms with E-state index in [0.717, 1.165) is 16.6 Å². The molecule has 0 aliphatic rings. The lowest BCUT2D eigenvalue weighted by atomic mass is 9.84. The summed E-state index contributed by atoms with van der Waals surface area (Å²) in [7, 11) is 0. The molecule has 2 heterocycles. The van der Waals surface area contributed by atoms with Crippen LogP contribution in [0.5, 0.6) is 0 Å². The molecule has 2 heteroatoms. The molecule has 0 bridgehead atoms. The monoisotopic (exact) mass is 648 g/mol. The first-order valence-corrected chi connectivity index (χ1v) is 17.5. The van der Waals surface area contributed by atoms with E-state index in [4.69, 9.17) is 0 Å². The van der Waals surface area contributed by atoms with Crippen LogP contribution in [0.15, 0.2) is 194 Å². The molecule has 0 N–H and O–H groups in total. The number of benzene rings is 8. The lowest BCUT2D eigenvalue weighted by Crippen LogP contribution is -1.93. The highest BCUT2D eigenvalue weighted by Gasteiger charge is 2.19. The highest BCUT2D eigenvalue weighted by molar-refractivity contribution is 6.22. The minimum Gasteiger partial charge on any atom is -0.309 e. The van der Waals surface area contributed by atoms with E-state index >= 15 is 0 Å². The van der Waals surface area contributed by atoms with Crippen LogP contribution in [-0.2, 0) is 0 Å². The maximum atomic E-state index is 4.54. The van der Waals surface area contributed by atoms with Gasteiger partial charge in [0.25, 0.3) is 0 Å². The van der Waals surface area contributed by atoms with Gasteiger partial charge < -0.3 is 4.57 Å². The van der Waals surface area contributed by atoms with Crippen LogP contribution < -0.4 is 0 Å². The van der Waals surface area contributed by atoms with E-state index < -0.39 is 0 Å². The molecule has 0 fully saturated rings. The van der Waals surface area contributed by atoms with Gasteiger partial charge >= 0.3 is 0 Å². The number of hydrogen-bond donors (Lipinski definition) is 0. The number of hydrogen-bond acceptors (Lipinski definition) is 1. The smallest absolute Gasteiger partial charge is 0.0571 e. The molecule has 0 saturated carbocycles. The van der Waals surface area contributed by atoms with Gasteiger partial charge in [-0.15, -0.1) is 0 Å². The summed E-state index contributed by atoms with van der Waals surface area (Å²) in [6.45, 7) is 0. The van der Waals surface area contributed by atoms with Gasteiger partial charge in [-0.25, -0.2) is 0 Å². The van der Waals surface area contributed by atoms with E-state index in [-0.39, 0.29) is 0 Å². The van der Waals surface area contributed by atoms with Gasteiger partial charge in [0.15, 0.2) is 0 Å². The Bertz CT molecular complexity index is 2890. The second-order valence-corrected chi connectivity index (χ2v) is 13.1. The highest BCUT2D eigenvalue weighted by atomic mass is 15.0. The Labute approximate surface area is 296 Å². The molecule has 0 atom stereocenters. The maximum absolute atomic E-state index is 4.54. The Morgan fingerprint density at radius 1 is 0.333 bits per heavy atom. The second kappa shape index (κ2) is 12.0. The molecule has 0 spiro atoms. The molecule has 0 amide bonds. The van der Waals surface area contributed by atoms with Gasteiger partial charge in [0.05, 0.1) is 11.0 Å². The average Bonchev–Trinajstić information content (AvgIpc) is 3.54. The normalized spacial score (nSPS) is 11.5. The van der Waals surface area contributed by atoms with Crippen molar-refractivity contribution in [2.24, 2.45) is 0 Å². The van der Waals surface area contributed by atoms with Gasteiger partial charge in [0, 0.05) is 28.9 Å². The summed E-state index contributed by atoms with van der Waals surface area (Å²) in [5.74, 6) is 0. The number of fused-ring (bicyclic) bond motifs is 5. The molecule has 0 aliphatic heterocycles. The summed E-state index contributed by atoms with van der Waals surface area (Å²) < 4.78 is 2.34. The van der Waals surface area contributed by atoms with Crippen molar-refractivity contribution >= 4 is 43.4 Å². The number of pyridine rings is 1. The standard InChI is InChI=1S/C49H32N2/c1-4-14-33(15-5-1)48-40-22-12-13-23-41(40)49(34-16-6-2-7-17-34)44-31-35(24-26-42(44)48)38-20-10-11-21-39(38)36-25-27-46-43(30-36)45-32-50-29-28-47(45)51(46)37-18-8-3-9-19-37/h1-32H. The number of para-hydroxylation sites is 1. The SMILES string of the molecule is c1ccc(-c2c3ccccc3c(-c3ccccc3)c3cc(-c4ccccc4-c4ccc5c(c4)c4cnccc4n5-c4ccccc4)ccc23)cc1. The Morgan fingerprint density at radius 2 is 0.824 bits per heavy atom. The first-order chi connectivity index (χ1) is 25.3. The Hall–Kier alpha value is -6.77. The van der Waals surface area contributed by atoms with Crippen LogP contribution in [-0.4, -0.2) is 9.55 Å². The summed E-state index contributed by atoms with van der Waals surface area (Å²) in [6.07, 6.45) is 3.88. The van der Waals surface area contributed by atoms with Gasteiger partial charge in [-0.2, -0.15) is 0 Å².